The standard InChI is InChI=1S/C11H10N2O4.C11H12N2O2/c1-2-17-11(14)10-6-7-5-8(13(15)16)3-4-9(7)12-10;1-2-15-11(14)10-6-7-5-8(12)3-4-9(7)13-10/h3-6,12H,2H2,1H3;3-6,13H,2,12H2,1H3. The number of carbonyl (C=O) groups excluding carboxylic acids is 2. The number of ether oxygens (including phenoxy) is 2. The van der Waals surface area contributed by atoms with E-state index >= 15 is 0 Å². The summed E-state index contributed by atoms with van der Waals surface area (Å²) in [7, 11) is 0. The first-order chi connectivity index (χ1) is 15.3. The smallest absolute Gasteiger partial charge is 0.354 e. The van der Waals surface area contributed by atoms with Crippen LogP contribution in [0, 0.1) is 10.1 Å². The summed E-state index contributed by atoms with van der Waals surface area (Å²) in [5, 5.41) is 12.1. The minimum atomic E-state index is -0.476. The molecular formula is C22H22N4O6. The van der Waals surface area contributed by atoms with E-state index in [0.29, 0.717) is 34.6 Å². The van der Waals surface area contributed by atoms with Crippen molar-refractivity contribution >= 4 is 45.1 Å². The summed E-state index contributed by atoms with van der Waals surface area (Å²) < 4.78 is 9.72. The number of aromatic amines is 2. The Morgan fingerprint density at radius 2 is 1.38 bits per heavy atom. The molecule has 0 saturated heterocycles. The number of nitrogen functional groups attached to an aromatic ring is 1. The second kappa shape index (κ2) is 9.65. The van der Waals surface area contributed by atoms with Crippen molar-refractivity contribution in [2.45, 2.75) is 13.8 Å². The van der Waals surface area contributed by atoms with Crippen molar-refractivity contribution in [3.05, 3.63) is 70.0 Å². The van der Waals surface area contributed by atoms with Crippen LogP contribution in [0.2, 0.25) is 0 Å². The molecule has 10 heteroatoms. The lowest BCUT2D eigenvalue weighted by atomic mass is 10.2. The molecule has 10 nitrogen and oxygen atoms in total. The van der Waals surface area contributed by atoms with E-state index in [-0.39, 0.29) is 18.3 Å². The highest BCUT2D eigenvalue weighted by molar-refractivity contribution is 5.96. The number of anilines is 1. The molecule has 166 valence electrons. The maximum atomic E-state index is 11.4. The number of carbonyl (C=O) groups is 2. The predicted molar refractivity (Wildman–Crippen MR) is 120 cm³/mol. The van der Waals surface area contributed by atoms with Gasteiger partial charge in [-0.1, -0.05) is 0 Å². The number of nitrogens with zero attached hydrogens (tertiary/aromatic N) is 1. The van der Waals surface area contributed by atoms with Crippen molar-refractivity contribution < 1.29 is 24.0 Å². The van der Waals surface area contributed by atoms with Gasteiger partial charge in [-0.3, -0.25) is 10.1 Å². The molecule has 4 aromatic rings. The predicted octanol–water partition coefficient (Wildman–Crippen LogP) is 4.18. The number of H-pyrrole nitrogens is 2. The molecule has 0 fully saturated rings. The maximum absolute atomic E-state index is 11.4. The van der Waals surface area contributed by atoms with E-state index in [1.54, 1.807) is 38.1 Å². The van der Waals surface area contributed by atoms with Gasteiger partial charge in [0.1, 0.15) is 11.4 Å². The van der Waals surface area contributed by atoms with Gasteiger partial charge in [0.2, 0.25) is 0 Å². The molecule has 4 N–H and O–H groups in total. The number of fused-ring (bicyclic) bond motifs is 2. The molecule has 0 aliphatic rings. The maximum Gasteiger partial charge on any atom is 0.354 e. The molecule has 0 spiro atoms. The normalized spacial score (nSPS) is 10.4. The van der Waals surface area contributed by atoms with E-state index in [9.17, 15) is 19.7 Å². The van der Waals surface area contributed by atoms with E-state index in [2.05, 4.69) is 9.97 Å². The summed E-state index contributed by atoms with van der Waals surface area (Å²) in [6.45, 7) is 4.15. The molecule has 2 aromatic heterocycles. The van der Waals surface area contributed by atoms with Gasteiger partial charge < -0.3 is 25.2 Å². The van der Waals surface area contributed by atoms with Crippen molar-refractivity contribution in [1.29, 1.82) is 0 Å². The molecule has 0 amide bonds. The monoisotopic (exact) mass is 438 g/mol. The summed E-state index contributed by atoms with van der Waals surface area (Å²) in [5.74, 6) is -0.807. The number of benzene rings is 2. The minimum absolute atomic E-state index is 0.00749. The first kappa shape index (κ1) is 22.3. The Morgan fingerprint density at radius 3 is 1.88 bits per heavy atom. The number of nitrogens with one attached hydrogen (secondary N) is 2. The molecule has 0 aliphatic carbocycles. The Morgan fingerprint density at radius 1 is 0.875 bits per heavy atom. The lowest BCUT2D eigenvalue weighted by Gasteiger charge is -1.96. The Labute approximate surface area is 182 Å². The summed E-state index contributed by atoms with van der Waals surface area (Å²) in [6, 6.07) is 13.1. The van der Waals surface area contributed by atoms with Gasteiger partial charge in [0, 0.05) is 39.6 Å². The van der Waals surface area contributed by atoms with Crippen LogP contribution in [-0.4, -0.2) is 40.0 Å². The number of rotatable bonds is 5. The SMILES string of the molecule is CCOC(=O)c1cc2cc(N)ccc2[nH]1.CCOC(=O)c1cc2cc([N+](=O)[O-])ccc2[nH]1. The van der Waals surface area contributed by atoms with Gasteiger partial charge in [-0.05, 0) is 50.2 Å². The number of aromatic nitrogens is 2. The molecule has 0 bridgehead atoms. The highest BCUT2D eigenvalue weighted by atomic mass is 16.6. The zero-order chi connectivity index (χ0) is 23.3. The van der Waals surface area contributed by atoms with Crippen LogP contribution in [0.4, 0.5) is 11.4 Å². The van der Waals surface area contributed by atoms with Crippen molar-refractivity contribution in [2.24, 2.45) is 0 Å². The number of hydrogen-bond donors (Lipinski definition) is 3. The average Bonchev–Trinajstić information content (AvgIpc) is 3.37. The lowest BCUT2D eigenvalue weighted by Crippen LogP contribution is -2.04. The van der Waals surface area contributed by atoms with Crippen LogP contribution in [0.3, 0.4) is 0 Å². The van der Waals surface area contributed by atoms with Crippen LogP contribution in [0.1, 0.15) is 34.8 Å². The Kier molecular flexibility index (Phi) is 6.74. The van der Waals surface area contributed by atoms with Gasteiger partial charge in [0.05, 0.1) is 18.1 Å². The third-order valence-electron chi connectivity index (χ3n) is 4.45. The first-order valence-corrected chi connectivity index (χ1v) is 9.82. The molecule has 0 saturated carbocycles. The number of esters is 2. The number of nitro benzene ring substituents is 1. The number of non-ortho nitro benzene ring substituents is 1. The van der Waals surface area contributed by atoms with E-state index in [1.807, 2.05) is 12.1 Å². The average molecular weight is 438 g/mol. The van der Waals surface area contributed by atoms with Gasteiger partial charge >= 0.3 is 11.9 Å². The van der Waals surface area contributed by atoms with Crippen LogP contribution in [-0.2, 0) is 9.47 Å². The van der Waals surface area contributed by atoms with Crippen molar-refractivity contribution in [2.75, 3.05) is 18.9 Å². The van der Waals surface area contributed by atoms with Gasteiger partial charge in [0.25, 0.3) is 5.69 Å². The Bertz CT molecular complexity index is 1290. The highest BCUT2D eigenvalue weighted by Crippen LogP contribution is 2.22. The molecule has 0 radical (unpaired) electrons. The lowest BCUT2D eigenvalue weighted by molar-refractivity contribution is -0.384. The fourth-order valence-electron chi connectivity index (χ4n) is 3.02. The van der Waals surface area contributed by atoms with Gasteiger partial charge in [-0.2, -0.15) is 0 Å². The number of hydrogen-bond acceptors (Lipinski definition) is 7. The van der Waals surface area contributed by atoms with E-state index in [1.165, 1.54) is 12.1 Å². The molecule has 0 atom stereocenters. The fourth-order valence-corrected chi connectivity index (χ4v) is 3.02. The van der Waals surface area contributed by atoms with Gasteiger partial charge in [-0.15, -0.1) is 0 Å². The summed E-state index contributed by atoms with van der Waals surface area (Å²) in [5.41, 5.74) is 8.60. The largest absolute Gasteiger partial charge is 0.461 e. The topological polar surface area (TPSA) is 153 Å². The first-order valence-electron chi connectivity index (χ1n) is 9.82. The molecular weight excluding hydrogens is 416 g/mol. The quantitative estimate of drug-likeness (QED) is 0.183. The van der Waals surface area contributed by atoms with Crippen molar-refractivity contribution in [3.63, 3.8) is 0 Å². The molecule has 4 rings (SSSR count). The van der Waals surface area contributed by atoms with E-state index in [4.69, 9.17) is 15.2 Å². The van der Waals surface area contributed by atoms with Gasteiger partial charge in [-0.25, -0.2) is 9.59 Å². The summed E-state index contributed by atoms with van der Waals surface area (Å²) >= 11 is 0. The molecule has 2 aromatic carbocycles. The van der Waals surface area contributed by atoms with Crippen LogP contribution in [0.5, 0.6) is 0 Å². The zero-order valence-corrected chi connectivity index (χ0v) is 17.5. The zero-order valence-electron chi connectivity index (χ0n) is 17.5. The minimum Gasteiger partial charge on any atom is -0.461 e. The molecule has 2 heterocycles. The fraction of sp³-hybridized carbons (Fsp3) is 0.182. The third-order valence-corrected chi connectivity index (χ3v) is 4.45. The second-order valence-corrected chi connectivity index (χ2v) is 6.68. The third kappa shape index (κ3) is 5.04. The van der Waals surface area contributed by atoms with Crippen molar-refractivity contribution in [3.8, 4) is 0 Å². The molecule has 0 unspecified atom stereocenters. The second-order valence-electron chi connectivity index (χ2n) is 6.68. The van der Waals surface area contributed by atoms with Gasteiger partial charge in [0.15, 0.2) is 0 Å². The van der Waals surface area contributed by atoms with E-state index in [0.717, 1.165) is 10.9 Å². The van der Waals surface area contributed by atoms with Crippen LogP contribution >= 0.6 is 0 Å². The summed E-state index contributed by atoms with van der Waals surface area (Å²) in [4.78, 5) is 38.8. The van der Waals surface area contributed by atoms with Crippen LogP contribution in [0.25, 0.3) is 21.8 Å². The van der Waals surface area contributed by atoms with Crippen molar-refractivity contribution in [1.82, 2.24) is 9.97 Å². The highest BCUT2D eigenvalue weighted by Gasteiger charge is 2.13. The van der Waals surface area contributed by atoms with E-state index < -0.39 is 10.9 Å². The number of nitro groups is 1. The summed E-state index contributed by atoms with van der Waals surface area (Å²) in [6.07, 6.45) is 0. The molecule has 0 aliphatic heterocycles. The Hall–Kier alpha value is -4.34. The number of nitrogens with two attached hydrogens (primary N) is 1. The van der Waals surface area contributed by atoms with Crippen LogP contribution in [0.15, 0.2) is 48.5 Å². The molecule has 32 heavy (non-hydrogen) atoms. The van der Waals surface area contributed by atoms with Crippen LogP contribution < -0.4 is 5.73 Å². The Balaban J connectivity index is 0.000000182.